The van der Waals surface area contributed by atoms with Gasteiger partial charge in [-0.3, -0.25) is 14.5 Å². The van der Waals surface area contributed by atoms with Crippen molar-refractivity contribution >= 4 is 29.3 Å². The fraction of sp³-hybridized carbons (Fsp3) is 0.529. The molecule has 3 rings (SSSR count). The molecule has 130 valence electrons. The first kappa shape index (κ1) is 17.3. The van der Waals surface area contributed by atoms with E-state index in [9.17, 15) is 9.59 Å². The third-order valence-electron chi connectivity index (χ3n) is 4.50. The third-order valence-corrected chi connectivity index (χ3v) is 5.55. The SMILES string of the molecule is O=C(CCN1C(=O)CSc2ccccc21)N1CCN(CCO)CC1. The second kappa shape index (κ2) is 8.00. The maximum Gasteiger partial charge on any atom is 0.237 e. The molecular weight excluding hydrogens is 326 g/mol. The smallest absolute Gasteiger partial charge is 0.237 e. The molecule has 1 saturated heterocycles. The number of carbonyl (C=O) groups excluding carboxylic acids is 2. The van der Waals surface area contributed by atoms with E-state index in [0.717, 1.165) is 23.7 Å². The van der Waals surface area contributed by atoms with E-state index in [2.05, 4.69) is 4.90 Å². The van der Waals surface area contributed by atoms with Gasteiger partial charge in [0.15, 0.2) is 0 Å². The molecular formula is C17H23N3O3S. The van der Waals surface area contributed by atoms with Gasteiger partial charge in [0.1, 0.15) is 0 Å². The van der Waals surface area contributed by atoms with Gasteiger partial charge < -0.3 is 14.9 Å². The second-order valence-corrected chi connectivity index (χ2v) is 7.01. The molecule has 0 unspecified atom stereocenters. The summed E-state index contributed by atoms with van der Waals surface area (Å²) < 4.78 is 0. The molecule has 2 aliphatic heterocycles. The molecule has 0 saturated carbocycles. The fourth-order valence-electron chi connectivity index (χ4n) is 3.13. The lowest BCUT2D eigenvalue weighted by molar-refractivity contribution is -0.132. The molecule has 24 heavy (non-hydrogen) atoms. The summed E-state index contributed by atoms with van der Waals surface area (Å²) in [7, 11) is 0. The molecule has 0 bridgehead atoms. The lowest BCUT2D eigenvalue weighted by Crippen LogP contribution is -2.50. The van der Waals surface area contributed by atoms with Gasteiger partial charge in [0.25, 0.3) is 0 Å². The van der Waals surface area contributed by atoms with Crippen molar-refractivity contribution in [3.8, 4) is 0 Å². The van der Waals surface area contributed by atoms with Gasteiger partial charge in [-0.2, -0.15) is 0 Å². The molecule has 0 radical (unpaired) electrons. The standard InChI is InChI=1S/C17H23N3O3S/c21-12-11-18-7-9-19(10-8-18)16(22)5-6-20-14-3-1-2-4-15(14)24-13-17(20)23/h1-4,21H,5-13H2. The van der Waals surface area contributed by atoms with Gasteiger partial charge in [0.2, 0.25) is 11.8 Å². The molecule has 0 aliphatic carbocycles. The number of para-hydroxylation sites is 1. The van der Waals surface area contributed by atoms with Crippen molar-refractivity contribution in [1.29, 1.82) is 0 Å². The zero-order valence-corrected chi connectivity index (χ0v) is 14.5. The first-order valence-corrected chi connectivity index (χ1v) is 9.31. The van der Waals surface area contributed by atoms with E-state index in [4.69, 9.17) is 5.11 Å². The number of nitrogens with zero attached hydrogens (tertiary/aromatic N) is 3. The summed E-state index contributed by atoms with van der Waals surface area (Å²) in [5.74, 6) is 0.604. The van der Waals surface area contributed by atoms with Crippen LogP contribution in [-0.4, -0.2) is 78.3 Å². The van der Waals surface area contributed by atoms with Gasteiger partial charge >= 0.3 is 0 Å². The predicted molar refractivity (Wildman–Crippen MR) is 94.2 cm³/mol. The molecule has 0 aromatic heterocycles. The van der Waals surface area contributed by atoms with Crippen LogP contribution in [0.5, 0.6) is 0 Å². The van der Waals surface area contributed by atoms with Crippen LogP contribution in [0.4, 0.5) is 5.69 Å². The highest BCUT2D eigenvalue weighted by Crippen LogP contribution is 2.34. The van der Waals surface area contributed by atoms with E-state index < -0.39 is 0 Å². The third kappa shape index (κ3) is 3.91. The Kier molecular flexibility index (Phi) is 5.76. The average molecular weight is 349 g/mol. The molecule has 0 spiro atoms. The largest absolute Gasteiger partial charge is 0.395 e. The van der Waals surface area contributed by atoms with Gasteiger partial charge in [-0.1, -0.05) is 12.1 Å². The van der Waals surface area contributed by atoms with E-state index in [1.54, 1.807) is 16.7 Å². The number of amides is 2. The number of β-amino-alcohol motifs (C(OH)–C–C–N with tert-alkyl or cyclic N) is 1. The number of aliphatic hydroxyl groups excluding tert-OH is 1. The zero-order valence-electron chi connectivity index (χ0n) is 13.7. The molecule has 1 fully saturated rings. The van der Waals surface area contributed by atoms with Gasteiger partial charge in [-0.05, 0) is 12.1 Å². The van der Waals surface area contributed by atoms with Crippen LogP contribution in [0, 0.1) is 0 Å². The molecule has 2 amide bonds. The summed E-state index contributed by atoms with van der Waals surface area (Å²) in [6, 6.07) is 7.85. The predicted octanol–water partition coefficient (Wildman–Crippen LogP) is 0.652. The number of benzene rings is 1. The van der Waals surface area contributed by atoms with Crippen LogP contribution in [0.2, 0.25) is 0 Å². The van der Waals surface area contributed by atoms with Gasteiger partial charge in [0.05, 0.1) is 18.0 Å². The van der Waals surface area contributed by atoms with Crippen molar-refractivity contribution in [2.75, 3.05) is 56.5 Å². The first-order chi connectivity index (χ1) is 11.7. The minimum Gasteiger partial charge on any atom is -0.395 e. The Morgan fingerprint density at radius 2 is 1.88 bits per heavy atom. The van der Waals surface area contributed by atoms with Crippen LogP contribution in [0.25, 0.3) is 0 Å². The number of rotatable bonds is 5. The van der Waals surface area contributed by atoms with Crippen LogP contribution in [0.1, 0.15) is 6.42 Å². The number of fused-ring (bicyclic) bond motifs is 1. The van der Waals surface area contributed by atoms with E-state index >= 15 is 0 Å². The van der Waals surface area contributed by atoms with Gasteiger partial charge in [-0.15, -0.1) is 11.8 Å². The molecule has 7 heteroatoms. The molecule has 6 nitrogen and oxygen atoms in total. The highest BCUT2D eigenvalue weighted by molar-refractivity contribution is 8.00. The average Bonchev–Trinajstić information content (AvgIpc) is 2.61. The number of aliphatic hydroxyl groups is 1. The number of thioether (sulfide) groups is 1. The summed E-state index contributed by atoms with van der Waals surface area (Å²) in [5, 5.41) is 8.97. The highest BCUT2D eigenvalue weighted by atomic mass is 32.2. The summed E-state index contributed by atoms with van der Waals surface area (Å²) in [6.07, 6.45) is 0.352. The van der Waals surface area contributed by atoms with Crippen molar-refractivity contribution in [2.24, 2.45) is 0 Å². The molecule has 2 aliphatic rings. The van der Waals surface area contributed by atoms with Crippen molar-refractivity contribution in [1.82, 2.24) is 9.80 Å². The Balaban J connectivity index is 1.54. The Morgan fingerprint density at radius 1 is 1.12 bits per heavy atom. The van der Waals surface area contributed by atoms with Crippen molar-refractivity contribution in [3.05, 3.63) is 24.3 Å². The van der Waals surface area contributed by atoms with E-state index in [1.807, 2.05) is 29.2 Å². The summed E-state index contributed by atoms with van der Waals surface area (Å²) in [4.78, 5) is 31.5. The Labute approximate surface area is 146 Å². The normalized spacial score (nSPS) is 18.6. The molecule has 0 atom stereocenters. The van der Waals surface area contributed by atoms with Gasteiger partial charge in [0, 0.05) is 50.6 Å². The van der Waals surface area contributed by atoms with E-state index in [-0.39, 0.29) is 18.4 Å². The Morgan fingerprint density at radius 3 is 2.62 bits per heavy atom. The monoisotopic (exact) mass is 349 g/mol. The first-order valence-electron chi connectivity index (χ1n) is 8.32. The van der Waals surface area contributed by atoms with Gasteiger partial charge in [-0.25, -0.2) is 0 Å². The molecule has 1 N–H and O–H groups in total. The lowest BCUT2D eigenvalue weighted by atomic mass is 10.2. The van der Waals surface area contributed by atoms with Crippen LogP contribution in [0.15, 0.2) is 29.2 Å². The number of carbonyl (C=O) groups is 2. The minimum absolute atomic E-state index is 0.0688. The zero-order chi connectivity index (χ0) is 16.9. The Hall–Kier alpha value is -1.57. The van der Waals surface area contributed by atoms with Crippen molar-refractivity contribution < 1.29 is 14.7 Å². The summed E-state index contributed by atoms with van der Waals surface area (Å²) >= 11 is 1.56. The quantitative estimate of drug-likeness (QED) is 0.846. The molecule has 1 aromatic rings. The molecule has 2 heterocycles. The lowest BCUT2D eigenvalue weighted by Gasteiger charge is -2.35. The maximum atomic E-state index is 12.4. The summed E-state index contributed by atoms with van der Waals surface area (Å²) in [5.41, 5.74) is 0.916. The van der Waals surface area contributed by atoms with Crippen molar-refractivity contribution in [3.63, 3.8) is 0 Å². The maximum absolute atomic E-state index is 12.4. The summed E-state index contributed by atoms with van der Waals surface area (Å²) in [6.45, 7) is 4.24. The minimum atomic E-state index is 0.0688. The number of hydrogen-bond donors (Lipinski definition) is 1. The highest BCUT2D eigenvalue weighted by Gasteiger charge is 2.26. The van der Waals surface area contributed by atoms with Crippen molar-refractivity contribution in [2.45, 2.75) is 11.3 Å². The number of anilines is 1. The number of hydrogen-bond acceptors (Lipinski definition) is 5. The fourth-order valence-corrected chi connectivity index (χ4v) is 4.06. The van der Waals surface area contributed by atoms with E-state index in [0.29, 0.717) is 38.4 Å². The van der Waals surface area contributed by atoms with Crippen LogP contribution in [-0.2, 0) is 9.59 Å². The van der Waals surface area contributed by atoms with Crippen LogP contribution in [0.3, 0.4) is 0 Å². The number of piperazine rings is 1. The Bertz CT molecular complexity index is 602. The van der Waals surface area contributed by atoms with Crippen LogP contribution < -0.4 is 4.90 Å². The van der Waals surface area contributed by atoms with Crippen LogP contribution >= 0.6 is 11.8 Å². The van der Waals surface area contributed by atoms with E-state index in [1.165, 1.54) is 0 Å². The topological polar surface area (TPSA) is 64.1 Å². The molecule has 1 aromatic carbocycles. The second-order valence-electron chi connectivity index (χ2n) is 6.00.